The Morgan fingerprint density at radius 3 is 2.63 bits per heavy atom. The molecule has 0 saturated carbocycles. The molecule has 7 heteroatoms. The third-order valence-corrected chi connectivity index (χ3v) is 3.99. The molecule has 0 atom stereocenters. The Bertz CT molecular complexity index is 528. The predicted molar refractivity (Wildman–Crippen MR) is 72.8 cm³/mol. The van der Waals surface area contributed by atoms with Gasteiger partial charge in [0.1, 0.15) is 5.75 Å². The molecule has 0 heterocycles. The fourth-order valence-corrected chi connectivity index (χ4v) is 2.22. The molecule has 1 aromatic rings. The zero-order chi connectivity index (χ0) is 14.3. The van der Waals surface area contributed by atoms with E-state index in [4.69, 9.17) is 4.74 Å². The molecule has 0 bridgehead atoms. The summed E-state index contributed by atoms with van der Waals surface area (Å²) in [6.07, 6.45) is 0.351. The largest absolute Gasteiger partial charge is 0.496 e. The van der Waals surface area contributed by atoms with E-state index in [9.17, 15) is 13.2 Å². The summed E-state index contributed by atoms with van der Waals surface area (Å²) in [5.74, 6) is 0.192. The average molecular weight is 286 g/mol. The zero-order valence-electron chi connectivity index (χ0n) is 11.0. The number of amides is 1. The monoisotopic (exact) mass is 286 g/mol. The van der Waals surface area contributed by atoms with Crippen LogP contribution in [0.1, 0.15) is 16.8 Å². The zero-order valence-corrected chi connectivity index (χ0v) is 11.8. The fraction of sp³-hybridized carbons (Fsp3) is 0.417. The van der Waals surface area contributed by atoms with Gasteiger partial charge in [0.25, 0.3) is 5.91 Å². The molecule has 0 aliphatic rings. The smallest absolute Gasteiger partial charge is 0.255 e. The summed E-state index contributed by atoms with van der Waals surface area (Å²) >= 11 is 0. The van der Waals surface area contributed by atoms with Gasteiger partial charge in [-0.25, -0.2) is 13.1 Å². The van der Waals surface area contributed by atoms with Crippen molar-refractivity contribution in [3.8, 4) is 5.75 Å². The number of ether oxygens (including phenoxy) is 1. The first-order valence-electron chi connectivity index (χ1n) is 5.82. The van der Waals surface area contributed by atoms with Crippen molar-refractivity contribution in [2.24, 2.45) is 0 Å². The molecule has 6 nitrogen and oxygen atoms in total. The number of rotatable bonds is 7. The Morgan fingerprint density at radius 1 is 1.32 bits per heavy atom. The Kier molecular flexibility index (Phi) is 5.78. The number of methoxy groups -OCH3 is 1. The maximum atomic E-state index is 11.9. The van der Waals surface area contributed by atoms with E-state index in [2.05, 4.69) is 10.0 Å². The number of carbonyl (C=O) groups excluding carboxylic acids is 1. The molecule has 0 unspecified atom stereocenters. The van der Waals surface area contributed by atoms with E-state index in [0.717, 1.165) is 0 Å². The summed E-state index contributed by atoms with van der Waals surface area (Å²) in [5, 5.41) is 2.66. The minimum Gasteiger partial charge on any atom is -0.496 e. The molecule has 0 spiro atoms. The highest BCUT2D eigenvalue weighted by Crippen LogP contribution is 2.16. The highest BCUT2D eigenvalue weighted by molar-refractivity contribution is 7.89. The first-order chi connectivity index (χ1) is 9.00. The predicted octanol–water partition coefficient (Wildman–Crippen LogP) is 0.364. The van der Waals surface area contributed by atoms with Crippen LogP contribution >= 0.6 is 0 Å². The Hall–Kier alpha value is -1.60. The molecular formula is C12H18N2O4S. The van der Waals surface area contributed by atoms with Gasteiger partial charge in [0.05, 0.1) is 18.4 Å². The molecule has 0 saturated heterocycles. The number of carbonyl (C=O) groups is 1. The highest BCUT2D eigenvalue weighted by atomic mass is 32.2. The molecule has 106 valence electrons. The maximum absolute atomic E-state index is 11.9. The summed E-state index contributed by atoms with van der Waals surface area (Å²) in [5.41, 5.74) is 0.432. The maximum Gasteiger partial charge on any atom is 0.255 e. The van der Waals surface area contributed by atoms with Gasteiger partial charge in [-0.15, -0.1) is 0 Å². The van der Waals surface area contributed by atoms with Crippen LogP contribution in [-0.2, 0) is 10.0 Å². The number of hydrogen-bond acceptors (Lipinski definition) is 4. The van der Waals surface area contributed by atoms with Crippen LogP contribution in [0.5, 0.6) is 5.75 Å². The van der Waals surface area contributed by atoms with E-state index in [1.54, 1.807) is 24.3 Å². The van der Waals surface area contributed by atoms with Gasteiger partial charge in [-0.3, -0.25) is 4.79 Å². The van der Waals surface area contributed by atoms with Gasteiger partial charge in [0, 0.05) is 6.54 Å². The first kappa shape index (κ1) is 15.5. The van der Waals surface area contributed by atoms with Crippen LogP contribution in [0.3, 0.4) is 0 Å². The number of para-hydroxylation sites is 1. The summed E-state index contributed by atoms with van der Waals surface area (Å²) in [6, 6.07) is 6.86. The van der Waals surface area contributed by atoms with Crippen molar-refractivity contribution in [2.45, 2.75) is 6.42 Å². The standard InChI is InChI=1S/C12H18N2O4S/c1-13-19(16,17)9-5-8-14-12(15)10-6-3-4-7-11(10)18-2/h3-4,6-7,13H,5,8-9H2,1-2H3,(H,14,15). The van der Waals surface area contributed by atoms with Gasteiger partial charge in [-0.05, 0) is 25.6 Å². The minimum absolute atomic E-state index is 0.0182. The minimum atomic E-state index is -3.22. The van der Waals surface area contributed by atoms with Gasteiger partial charge in [-0.1, -0.05) is 12.1 Å². The average Bonchev–Trinajstić information content (AvgIpc) is 2.43. The van der Waals surface area contributed by atoms with Crippen molar-refractivity contribution >= 4 is 15.9 Å². The van der Waals surface area contributed by atoms with Crippen LogP contribution in [-0.4, -0.2) is 40.8 Å². The van der Waals surface area contributed by atoms with Crippen molar-refractivity contribution in [3.63, 3.8) is 0 Å². The summed E-state index contributed by atoms with van der Waals surface area (Å²) < 4.78 is 29.6. The molecule has 0 aliphatic heterocycles. The summed E-state index contributed by atoms with van der Waals surface area (Å²) in [6.45, 7) is 0.289. The number of hydrogen-bond donors (Lipinski definition) is 2. The van der Waals surface area contributed by atoms with Gasteiger partial charge in [0.2, 0.25) is 10.0 Å². The summed E-state index contributed by atoms with van der Waals surface area (Å²) in [7, 11) is -0.365. The van der Waals surface area contributed by atoms with E-state index >= 15 is 0 Å². The lowest BCUT2D eigenvalue weighted by molar-refractivity contribution is 0.0950. The lowest BCUT2D eigenvalue weighted by atomic mass is 10.2. The van der Waals surface area contributed by atoms with E-state index in [-0.39, 0.29) is 18.2 Å². The lowest BCUT2D eigenvalue weighted by Crippen LogP contribution is -2.28. The first-order valence-corrected chi connectivity index (χ1v) is 7.48. The van der Waals surface area contributed by atoms with Crippen LogP contribution in [0.25, 0.3) is 0 Å². The van der Waals surface area contributed by atoms with E-state index in [1.807, 2.05) is 0 Å². The highest BCUT2D eigenvalue weighted by Gasteiger charge is 2.11. The molecule has 0 aliphatic carbocycles. The van der Waals surface area contributed by atoms with Gasteiger partial charge in [-0.2, -0.15) is 0 Å². The molecule has 1 aromatic carbocycles. The Labute approximate surface area is 113 Å². The fourth-order valence-electron chi connectivity index (χ4n) is 1.49. The molecule has 1 rings (SSSR count). The van der Waals surface area contributed by atoms with Crippen molar-refractivity contribution in [1.29, 1.82) is 0 Å². The van der Waals surface area contributed by atoms with Gasteiger partial charge < -0.3 is 10.1 Å². The number of nitrogens with one attached hydrogen (secondary N) is 2. The van der Waals surface area contributed by atoms with Gasteiger partial charge in [0.15, 0.2) is 0 Å². The van der Waals surface area contributed by atoms with Crippen LogP contribution in [0.4, 0.5) is 0 Å². The van der Waals surface area contributed by atoms with Crippen molar-refractivity contribution in [3.05, 3.63) is 29.8 Å². The van der Waals surface area contributed by atoms with Crippen molar-refractivity contribution in [2.75, 3.05) is 26.5 Å². The van der Waals surface area contributed by atoms with Crippen molar-refractivity contribution in [1.82, 2.24) is 10.0 Å². The number of benzene rings is 1. The quantitative estimate of drug-likeness (QED) is 0.709. The second-order valence-corrected chi connectivity index (χ2v) is 5.88. The molecular weight excluding hydrogens is 268 g/mol. The van der Waals surface area contributed by atoms with E-state index < -0.39 is 10.0 Å². The van der Waals surface area contributed by atoms with Gasteiger partial charge >= 0.3 is 0 Å². The second kappa shape index (κ2) is 7.10. The third-order valence-electron chi connectivity index (χ3n) is 2.54. The third kappa shape index (κ3) is 4.88. The topological polar surface area (TPSA) is 84.5 Å². The van der Waals surface area contributed by atoms with Crippen LogP contribution < -0.4 is 14.8 Å². The summed E-state index contributed by atoms with van der Waals surface area (Å²) in [4.78, 5) is 11.9. The second-order valence-electron chi connectivity index (χ2n) is 3.83. The van der Waals surface area contributed by atoms with Crippen LogP contribution in [0.15, 0.2) is 24.3 Å². The molecule has 19 heavy (non-hydrogen) atoms. The Morgan fingerprint density at radius 2 is 2.00 bits per heavy atom. The number of sulfonamides is 1. The Balaban J connectivity index is 2.48. The van der Waals surface area contributed by atoms with E-state index in [1.165, 1.54) is 14.2 Å². The van der Waals surface area contributed by atoms with Crippen LogP contribution in [0, 0.1) is 0 Å². The lowest BCUT2D eigenvalue weighted by Gasteiger charge is -2.09. The molecule has 1 amide bonds. The van der Waals surface area contributed by atoms with Crippen molar-refractivity contribution < 1.29 is 17.9 Å². The molecule has 0 radical (unpaired) electrons. The van der Waals surface area contributed by atoms with Crippen LogP contribution in [0.2, 0.25) is 0 Å². The SMILES string of the molecule is CNS(=O)(=O)CCCNC(=O)c1ccccc1OC. The molecule has 2 N–H and O–H groups in total. The van der Waals surface area contributed by atoms with E-state index in [0.29, 0.717) is 17.7 Å². The normalized spacial score (nSPS) is 11.1. The molecule has 0 fully saturated rings. The molecule has 0 aromatic heterocycles.